The molecule has 2 N–H and O–H groups in total. The summed E-state index contributed by atoms with van der Waals surface area (Å²) < 4.78 is 7.80. The molecule has 4 aromatic rings. The molecule has 0 saturated carbocycles. The fraction of sp³-hybridized carbons (Fsp3) is 0.436. The highest BCUT2D eigenvalue weighted by molar-refractivity contribution is 6.06. The van der Waals surface area contributed by atoms with Crippen molar-refractivity contribution in [2.75, 3.05) is 51.7 Å². The lowest BCUT2D eigenvalue weighted by Gasteiger charge is -2.32. The lowest BCUT2D eigenvalue weighted by atomic mass is 9.98. The van der Waals surface area contributed by atoms with Crippen molar-refractivity contribution in [2.45, 2.75) is 65.3 Å². The molecule has 4 heterocycles. The van der Waals surface area contributed by atoms with E-state index in [0.717, 1.165) is 76.1 Å². The number of piperazine rings is 1. The van der Waals surface area contributed by atoms with Crippen LogP contribution in [0.2, 0.25) is 0 Å². The number of nitrogens with zero attached hydrogens (tertiary/aromatic N) is 5. The van der Waals surface area contributed by atoms with Gasteiger partial charge < -0.3 is 20.3 Å². The summed E-state index contributed by atoms with van der Waals surface area (Å²) >= 11 is 0. The van der Waals surface area contributed by atoms with Crippen molar-refractivity contribution in [2.24, 2.45) is 0 Å². The highest BCUT2D eigenvalue weighted by Gasteiger charge is 2.18. The maximum atomic E-state index is 14.0. The molecule has 256 valence electrons. The Morgan fingerprint density at radius 3 is 2.61 bits per heavy atom. The summed E-state index contributed by atoms with van der Waals surface area (Å²) in [5.41, 5.74) is 6.56. The second-order valence-electron chi connectivity index (χ2n) is 13.5. The maximum absolute atomic E-state index is 14.0. The van der Waals surface area contributed by atoms with Gasteiger partial charge in [0.15, 0.2) is 5.65 Å². The number of imidazole rings is 1. The molecule has 10 nitrogen and oxygen atoms in total. The monoisotopic (exact) mass is 661 g/mol. The zero-order chi connectivity index (χ0) is 34.3. The van der Waals surface area contributed by atoms with Crippen LogP contribution in [-0.4, -0.2) is 82.6 Å². The fourth-order valence-corrected chi connectivity index (χ4v) is 6.27. The van der Waals surface area contributed by atoms with Crippen LogP contribution in [0.25, 0.3) is 5.65 Å². The molecule has 49 heavy (non-hydrogen) atoms. The van der Waals surface area contributed by atoms with E-state index in [1.54, 1.807) is 22.8 Å². The van der Waals surface area contributed by atoms with Crippen LogP contribution in [0, 0.1) is 18.8 Å². The molecule has 4 bridgehead atoms. The molecule has 0 spiro atoms. The average molecular weight is 662 g/mol. The van der Waals surface area contributed by atoms with Gasteiger partial charge in [0.1, 0.15) is 17.1 Å². The number of hydrogen-bond acceptors (Lipinski definition) is 7. The summed E-state index contributed by atoms with van der Waals surface area (Å²) in [6.07, 6.45) is 6.51. The number of anilines is 1. The number of carbonyl (C=O) groups is 2. The highest BCUT2D eigenvalue weighted by atomic mass is 16.5. The number of hydrogen-bond donors (Lipinski definition) is 2. The first-order valence-corrected chi connectivity index (χ1v) is 17.5. The molecule has 2 aromatic carbocycles. The lowest BCUT2D eigenvalue weighted by Crippen LogP contribution is -2.43. The summed E-state index contributed by atoms with van der Waals surface area (Å²) in [4.78, 5) is 36.1. The number of amides is 2. The van der Waals surface area contributed by atoms with Crippen molar-refractivity contribution >= 4 is 23.1 Å². The summed E-state index contributed by atoms with van der Waals surface area (Å²) in [5.74, 6) is 6.95. The number of carbonyl (C=O) groups excluding carboxylic acids is 2. The van der Waals surface area contributed by atoms with Crippen molar-refractivity contribution in [3.8, 4) is 17.6 Å². The van der Waals surface area contributed by atoms with Crippen molar-refractivity contribution in [1.29, 1.82) is 0 Å². The van der Waals surface area contributed by atoms with E-state index in [-0.39, 0.29) is 11.8 Å². The number of benzene rings is 2. The Morgan fingerprint density at radius 1 is 1.00 bits per heavy atom. The quantitative estimate of drug-likeness (QED) is 0.267. The van der Waals surface area contributed by atoms with Crippen molar-refractivity contribution < 1.29 is 14.3 Å². The van der Waals surface area contributed by atoms with Gasteiger partial charge in [0.25, 0.3) is 11.8 Å². The number of ether oxygens (including phenoxy) is 1. The summed E-state index contributed by atoms with van der Waals surface area (Å²) in [7, 11) is 2.17. The second kappa shape index (κ2) is 15.7. The van der Waals surface area contributed by atoms with E-state index >= 15 is 0 Å². The molecule has 2 aliphatic heterocycles. The first kappa shape index (κ1) is 34.2. The minimum absolute atomic E-state index is 0.206. The van der Waals surface area contributed by atoms with E-state index in [9.17, 15) is 9.59 Å². The lowest BCUT2D eigenvalue weighted by molar-refractivity contribution is 0.0945. The molecule has 1 fully saturated rings. The van der Waals surface area contributed by atoms with Gasteiger partial charge in [-0.15, -0.1) is 0 Å². The number of fused-ring (bicyclic) bond motifs is 3. The minimum Gasteiger partial charge on any atom is -0.494 e. The van der Waals surface area contributed by atoms with Crippen LogP contribution >= 0.6 is 0 Å². The van der Waals surface area contributed by atoms with E-state index in [1.807, 2.05) is 19.1 Å². The number of aromatic nitrogens is 3. The Bertz CT molecular complexity index is 1880. The number of rotatable bonds is 5. The third kappa shape index (κ3) is 8.66. The van der Waals surface area contributed by atoms with E-state index in [0.29, 0.717) is 53.0 Å². The first-order chi connectivity index (χ1) is 23.7. The molecular weight excluding hydrogens is 614 g/mol. The van der Waals surface area contributed by atoms with Gasteiger partial charge in [-0.25, -0.2) is 9.50 Å². The molecule has 2 aromatic heterocycles. The summed E-state index contributed by atoms with van der Waals surface area (Å²) in [6, 6.07) is 13.6. The van der Waals surface area contributed by atoms with E-state index < -0.39 is 0 Å². The SMILES string of the molecule is Cc1c2cc(cc1C(=O)Nc1cc(CN3CCN(C)CC3)cc(C(C)C)c1)OCCCCCCCNC(=O)c1ccc3ncc(n3n1)C#C2. The van der Waals surface area contributed by atoms with Gasteiger partial charge in [-0.2, -0.15) is 5.10 Å². The normalized spacial score (nSPS) is 16.6. The third-order valence-electron chi connectivity index (χ3n) is 9.36. The van der Waals surface area contributed by atoms with Gasteiger partial charge in [-0.05, 0) is 91.7 Å². The Kier molecular flexibility index (Phi) is 10.9. The van der Waals surface area contributed by atoms with Gasteiger partial charge in [0.05, 0.1) is 12.8 Å². The largest absolute Gasteiger partial charge is 0.494 e. The Hall–Kier alpha value is -4.72. The predicted octanol–water partition coefficient (Wildman–Crippen LogP) is 5.63. The predicted molar refractivity (Wildman–Crippen MR) is 192 cm³/mol. The van der Waals surface area contributed by atoms with Gasteiger partial charge in [-0.3, -0.25) is 14.5 Å². The van der Waals surface area contributed by atoms with Gasteiger partial charge >= 0.3 is 0 Å². The molecule has 0 unspecified atom stereocenters. The second-order valence-corrected chi connectivity index (χ2v) is 13.5. The van der Waals surface area contributed by atoms with Crippen LogP contribution in [0.5, 0.6) is 5.75 Å². The standard InChI is InChI=1S/C39H47N7O3/c1-27(2)31-20-29(26-45-17-15-44(4)16-18-45)21-32(22-31)42-38(47)35-24-34-23-30(28(35)3)10-11-33-25-41-37-13-12-36(43-46(33)37)39(48)40-14-8-6-5-7-9-19-49-34/h12-13,20-25,27H,5-9,14-19,26H2,1-4H3,(H,40,48)(H,42,47). The minimum atomic E-state index is -0.217. The van der Waals surface area contributed by atoms with Crippen LogP contribution in [0.3, 0.4) is 0 Å². The topological polar surface area (TPSA) is 104 Å². The zero-order valence-corrected chi connectivity index (χ0v) is 29.1. The zero-order valence-electron chi connectivity index (χ0n) is 29.1. The molecule has 2 aliphatic rings. The number of nitrogens with one attached hydrogen (secondary N) is 2. The van der Waals surface area contributed by atoms with Gasteiger partial charge in [0.2, 0.25) is 0 Å². The van der Waals surface area contributed by atoms with E-state index in [4.69, 9.17) is 4.74 Å². The third-order valence-corrected chi connectivity index (χ3v) is 9.36. The fourth-order valence-electron chi connectivity index (χ4n) is 6.27. The Balaban J connectivity index is 1.32. The molecular formula is C39H47N7O3. The molecule has 0 atom stereocenters. The van der Waals surface area contributed by atoms with Gasteiger partial charge in [0, 0.05) is 56.1 Å². The van der Waals surface area contributed by atoms with Crippen LogP contribution in [0.4, 0.5) is 5.69 Å². The molecule has 0 aliphatic carbocycles. The first-order valence-electron chi connectivity index (χ1n) is 17.5. The van der Waals surface area contributed by atoms with Crippen LogP contribution in [-0.2, 0) is 6.54 Å². The summed E-state index contributed by atoms with van der Waals surface area (Å²) in [5, 5.41) is 10.7. The molecule has 2 amide bonds. The molecule has 0 radical (unpaired) electrons. The molecule has 1 saturated heterocycles. The highest BCUT2D eigenvalue weighted by Crippen LogP contribution is 2.27. The molecule has 10 heteroatoms. The average Bonchev–Trinajstić information content (AvgIpc) is 3.50. The van der Waals surface area contributed by atoms with Crippen LogP contribution in [0.1, 0.15) is 101 Å². The number of likely N-dealkylation sites (N-methyl/N-ethyl adjacent to an activating group) is 1. The molecule has 6 rings (SSSR count). The van der Waals surface area contributed by atoms with E-state index in [2.05, 4.69) is 81.5 Å². The van der Waals surface area contributed by atoms with Crippen LogP contribution in [0.15, 0.2) is 48.7 Å². The van der Waals surface area contributed by atoms with Crippen molar-refractivity contribution in [3.05, 3.63) is 87.9 Å². The summed E-state index contributed by atoms with van der Waals surface area (Å²) in [6.45, 7) is 12.4. The maximum Gasteiger partial charge on any atom is 0.271 e. The van der Waals surface area contributed by atoms with E-state index in [1.165, 1.54) is 11.1 Å². The van der Waals surface area contributed by atoms with Crippen LogP contribution < -0.4 is 15.4 Å². The smallest absolute Gasteiger partial charge is 0.271 e. The van der Waals surface area contributed by atoms with Gasteiger partial charge in [-0.1, -0.05) is 45.1 Å². The van der Waals surface area contributed by atoms with Crippen molar-refractivity contribution in [1.82, 2.24) is 29.7 Å². The Morgan fingerprint density at radius 2 is 1.80 bits per heavy atom. The Labute approximate surface area is 289 Å². The van der Waals surface area contributed by atoms with Crippen molar-refractivity contribution in [3.63, 3.8) is 0 Å².